The molecule has 0 unspecified atom stereocenters. The molecule has 0 aliphatic heterocycles. The Hall–Kier alpha value is -1.84. The first-order valence-corrected chi connectivity index (χ1v) is 8.21. The third-order valence-electron chi connectivity index (χ3n) is 5.29. The van der Waals surface area contributed by atoms with Crippen LogP contribution in [0.4, 0.5) is 0 Å². The van der Waals surface area contributed by atoms with Gasteiger partial charge in [0.2, 0.25) is 5.91 Å². The van der Waals surface area contributed by atoms with Crippen molar-refractivity contribution >= 4 is 11.9 Å². The summed E-state index contributed by atoms with van der Waals surface area (Å²) in [6.45, 7) is 0.619. The lowest BCUT2D eigenvalue weighted by Gasteiger charge is -2.27. The average molecular weight is 301 g/mol. The lowest BCUT2D eigenvalue weighted by atomic mass is 9.78. The number of carbonyl (C=O) groups excluding carboxylic acids is 1. The van der Waals surface area contributed by atoms with Gasteiger partial charge in [0.15, 0.2) is 0 Å². The van der Waals surface area contributed by atoms with Gasteiger partial charge in [-0.1, -0.05) is 30.3 Å². The van der Waals surface area contributed by atoms with Gasteiger partial charge in [0.25, 0.3) is 0 Å². The maximum Gasteiger partial charge on any atom is 0.307 e. The smallest absolute Gasteiger partial charge is 0.307 e. The van der Waals surface area contributed by atoms with Crippen LogP contribution in [0.15, 0.2) is 30.3 Å². The van der Waals surface area contributed by atoms with Gasteiger partial charge in [0.05, 0.1) is 11.8 Å². The molecule has 2 aliphatic rings. The van der Waals surface area contributed by atoms with Gasteiger partial charge in [-0.15, -0.1) is 0 Å². The van der Waals surface area contributed by atoms with Crippen molar-refractivity contribution in [2.75, 3.05) is 6.54 Å². The van der Waals surface area contributed by atoms with Crippen LogP contribution in [0.5, 0.6) is 0 Å². The summed E-state index contributed by atoms with van der Waals surface area (Å²) in [7, 11) is 0. The molecular weight excluding hydrogens is 278 g/mol. The third kappa shape index (κ3) is 3.01. The minimum atomic E-state index is -0.795. The highest BCUT2D eigenvalue weighted by atomic mass is 16.4. The van der Waals surface area contributed by atoms with Gasteiger partial charge in [-0.25, -0.2) is 0 Å². The summed E-state index contributed by atoms with van der Waals surface area (Å²) in [5.41, 5.74) is 1.26. The fraction of sp³-hybridized carbons (Fsp3) is 0.556. The zero-order valence-corrected chi connectivity index (χ0v) is 12.7. The maximum absolute atomic E-state index is 12.4. The second kappa shape index (κ2) is 6.51. The minimum absolute atomic E-state index is 0.0485. The molecule has 2 N–H and O–H groups in total. The van der Waals surface area contributed by atoms with Crippen LogP contribution in [0, 0.1) is 23.7 Å². The van der Waals surface area contributed by atoms with Gasteiger partial charge < -0.3 is 10.4 Å². The minimum Gasteiger partial charge on any atom is -0.481 e. The number of carboxylic acids is 1. The highest BCUT2D eigenvalue weighted by Crippen LogP contribution is 2.52. The van der Waals surface area contributed by atoms with Gasteiger partial charge in [-0.3, -0.25) is 9.59 Å². The molecule has 0 heterocycles. The van der Waals surface area contributed by atoms with Crippen LogP contribution >= 0.6 is 0 Å². The first-order chi connectivity index (χ1) is 10.7. The Bertz CT molecular complexity index is 543. The van der Waals surface area contributed by atoms with E-state index in [9.17, 15) is 14.7 Å². The molecule has 2 saturated carbocycles. The monoisotopic (exact) mass is 301 g/mol. The van der Waals surface area contributed by atoms with Crippen molar-refractivity contribution in [3.05, 3.63) is 35.9 Å². The molecule has 0 saturated heterocycles. The van der Waals surface area contributed by atoms with E-state index in [0.717, 1.165) is 32.1 Å². The Morgan fingerprint density at radius 2 is 1.77 bits per heavy atom. The van der Waals surface area contributed by atoms with Crippen LogP contribution < -0.4 is 5.32 Å². The molecule has 1 aromatic carbocycles. The molecular formula is C18H23NO3. The first-order valence-electron chi connectivity index (χ1n) is 8.21. The number of amides is 1. The van der Waals surface area contributed by atoms with E-state index in [1.165, 1.54) is 5.56 Å². The molecule has 4 atom stereocenters. The van der Waals surface area contributed by atoms with Gasteiger partial charge in [0.1, 0.15) is 0 Å². The number of carboxylic acid groups (broad SMARTS) is 1. The van der Waals surface area contributed by atoms with Crippen LogP contribution in [-0.4, -0.2) is 23.5 Å². The number of aryl methyl sites for hydroxylation is 1. The molecule has 2 aliphatic carbocycles. The predicted octanol–water partition coefficient (Wildman–Crippen LogP) is 2.48. The molecule has 118 valence electrons. The van der Waals surface area contributed by atoms with Crippen LogP contribution in [0.25, 0.3) is 0 Å². The molecule has 22 heavy (non-hydrogen) atoms. The van der Waals surface area contributed by atoms with E-state index in [2.05, 4.69) is 17.4 Å². The maximum atomic E-state index is 12.4. The fourth-order valence-electron chi connectivity index (χ4n) is 4.29. The second-order valence-corrected chi connectivity index (χ2v) is 6.60. The lowest BCUT2D eigenvalue weighted by molar-refractivity contribution is -0.149. The van der Waals surface area contributed by atoms with Crippen molar-refractivity contribution in [3.63, 3.8) is 0 Å². The Labute approximate surface area is 130 Å². The predicted molar refractivity (Wildman–Crippen MR) is 83.2 cm³/mol. The summed E-state index contributed by atoms with van der Waals surface area (Å²) in [5, 5.41) is 12.4. The SMILES string of the molecule is O=C(O)[C@H]1[C@H]2CC[C@@H](C2)[C@@H]1C(=O)NCCCc1ccccc1. The van der Waals surface area contributed by atoms with Crippen molar-refractivity contribution in [2.24, 2.45) is 23.7 Å². The van der Waals surface area contributed by atoms with E-state index >= 15 is 0 Å². The number of carbonyl (C=O) groups is 2. The zero-order chi connectivity index (χ0) is 15.5. The molecule has 1 aromatic rings. The largest absolute Gasteiger partial charge is 0.481 e. The fourth-order valence-corrected chi connectivity index (χ4v) is 4.29. The lowest BCUT2D eigenvalue weighted by Crippen LogP contribution is -2.41. The van der Waals surface area contributed by atoms with Gasteiger partial charge in [0, 0.05) is 6.54 Å². The summed E-state index contributed by atoms with van der Waals surface area (Å²) >= 11 is 0. The molecule has 0 aromatic heterocycles. The Balaban J connectivity index is 1.48. The van der Waals surface area contributed by atoms with E-state index in [0.29, 0.717) is 6.54 Å². The van der Waals surface area contributed by atoms with Crippen LogP contribution in [-0.2, 0) is 16.0 Å². The van der Waals surface area contributed by atoms with E-state index in [4.69, 9.17) is 0 Å². The summed E-state index contributed by atoms with van der Waals surface area (Å²) < 4.78 is 0. The van der Waals surface area contributed by atoms with E-state index in [-0.39, 0.29) is 23.7 Å². The standard InChI is InChI=1S/C18H23NO3/c20-17(19-10-4-7-12-5-2-1-3-6-12)15-13-8-9-14(11-13)16(15)18(21)22/h1-3,5-6,13-16H,4,7-11H2,(H,19,20)(H,21,22)/t13-,14-,15-,16-/m0/s1. The van der Waals surface area contributed by atoms with Gasteiger partial charge in [-0.2, -0.15) is 0 Å². The molecule has 4 nitrogen and oxygen atoms in total. The van der Waals surface area contributed by atoms with Crippen molar-refractivity contribution in [1.29, 1.82) is 0 Å². The first kappa shape index (κ1) is 15.1. The van der Waals surface area contributed by atoms with Crippen LogP contribution in [0.1, 0.15) is 31.2 Å². The quantitative estimate of drug-likeness (QED) is 0.793. The number of hydrogen-bond donors (Lipinski definition) is 2. The molecule has 3 rings (SSSR count). The normalized spacial score (nSPS) is 29.5. The topological polar surface area (TPSA) is 66.4 Å². The van der Waals surface area contributed by atoms with E-state index in [1.807, 2.05) is 18.2 Å². The molecule has 2 bridgehead atoms. The van der Waals surface area contributed by atoms with Gasteiger partial charge in [-0.05, 0) is 49.5 Å². The van der Waals surface area contributed by atoms with Crippen LogP contribution in [0.3, 0.4) is 0 Å². The van der Waals surface area contributed by atoms with E-state index < -0.39 is 11.9 Å². The highest BCUT2D eigenvalue weighted by Gasteiger charge is 2.53. The molecule has 0 radical (unpaired) electrons. The van der Waals surface area contributed by atoms with Crippen molar-refractivity contribution < 1.29 is 14.7 Å². The Kier molecular flexibility index (Phi) is 4.46. The number of hydrogen-bond acceptors (Lipinski definition) is 2. The second-order valence-electron chi connectivity index (χ2n) is 6.60. The number of rotatable bonds is 6. The zero-order valence-electron chi connectivity index (χ0n) is 12.7. The molecule has 0 spiro atoms. The average Bonchev–Trinajstić information content (AvgIpc) is 3.13. The number of fused-ring (bicyclic) bond motifs is 2. The Morgan fingerprint density at radius 3 is 2.45 bits per heavy atom. The Morgan fingerprint density at radius 1 is 1.09 bits per heavy atom. The van der Waals surface area contributed by atoms with Gasteiger partial charge >= 0.3 is 5.97 Å². The number of nitrogens with one attached hydrogen (secondary N) is 1. The van der Waals surface area contributed by atoms with Crippen molar-refractivity contribution in [2.45, 2.75) is 32.1 Å². The van der Waals surface area contributed by atoms with Crippen molar-refractivity contribution in [1.82, 2.24) is 5.32 Å². The molecule has 4 heteroatoms. The van der Waals surface area contributed by atoms with E-state index in [1.54, 1.807) is 0 Å². The summed E-state index contributed by atoms with van der Waals surface area (Å²) in [4.78, 5) is 23.8. The third-order valence-corrected chi connectivity index (χ3v) is 5.29. The highest BCUT2D eigenvalue weighted by molar-refractivity contribution is 5.86. The summed E-state index contributed by atoms with van der Waals surface area (Å²) in [5.74, 6) is -1.13. The summed E-state index contributed by atoms with van der Waals surface area (Å²) in [6.07, 6.45) is 4.71. The van der Waals surface area contributed by atoms with Crippen molar-refractivity contribution in [3.8, 4) is 0 Å². The summed E-state index contributed by atoms with van der Waals surface area (Å²) in [6, 6.07) is 10.2. The number of aliphatic carboxylic acids is 1. The molecule has 1 amide bonds. The number of benzene rings is 1. The van der Waals surface area contributed by atoms with Crippen LogP contribution in [0.2, 0.25) is 0 Å². The molecule has 2 fully saturated rings.